The highest BCUT2D eigenvalue weighted by Crippen LogP contribution is 2.37. The third-order valence-electron chi connectivity index (χ3n) is 3.54. The third kappa shape index (κ3) is 3.32. The van der Waals surface area contributed by atoms with Crippen LogP contribution >= 0.6 is 11.8 Å². The van der Waals surface area contributed by atoms with Crippen LogP contribution in [0.3, 0.4) is 0 Å². The van der Waals surface area contributed by atoms with Crippen LogP contribution < -0.4 is 0 Å². The van der Waals surface area contributed by atoms with Crippen molar-refractivity contribution in [3.63, 3.8) is 0 Å². The van der Waals surface area contributed by atoms with Crippen molar-refractivity contribution in [2.45, 2.75) is 16.6 Å². The molecule has 0 bridgehead atoms. The van der Waals surface area contributed by atoms with E-state index in [0.29, 0.717) is 6.42 Å². The van der Waals surface area contributed by atoms with E-state index < -0.39 is 18.4 Å². The lowest BCUT2D eigenvalue weighted by molar-refractivity contribution is -0.141. The van der Waals surface area contributed by atoms with Gasteiger partial charge in [0.15, 0.2) is 6.61 Å². The number of ether oxygens (including phenoxy) is 1. The number of phenols is 2. The largest absolute Gasteiger partial charge is 0.508 e. The fourth-order valence-corrected chi connectivity index (χ4v) is 3.57. The number of hydrogen-bond donors (Lipinski definition) is 2. The number of rotatable bonds is 4. The van der Waals surface area contributed by atoms with Crippen molar-refractivity contribution in [3.05, 3.63) is 53.6 Å². The Labute approximate surface area is 136 Å². The second-order valence-corrected chi connectivity index (χ2v) is 6.40. The summed E-state index contributed by atoms with van der Waals surface area (Å²) in [5.41, 5.74) is 1.11. The highest BCUT2D eigenvalue weighted by atomic mass is 32.2. The minimum absolute atomic E-state index is 0.0120. The minimum Gasteiger partial charge on any atom is -0.508 e. The van der Waals surface area contributed by atoms with Crippen LogP contribution in [0.15, 0.2) is 47.4 Å². The van der Waals surface area contributed by atoms with E-state index in [1.165, 1.54) is 23.9 Å². The number of carbonyl (C=O) groups excluding carboxylic acids is 2. The van der Waals surface area contributed by atoms with Gasteiger partial charge in [0.2, 0.25) is 5.78 Å². The van der Waals surface area contributed by atoms with E-state index in [4.69, 9.17) is 4.74 Å². The summed E-state index contributed by atoms with van der Waals surface area (Å²) in [6.07, 6.45) is 0.582. The molecule has 0 fully saturated rings. The Kier molecular flexibility index (Phi) is 4.25. The number of benzene rings is 2. The van der Waals surface area contributed by atoms with E-state index in [1.54, 1.807) is 0 Å². The van der Waals surface area contributed by atoms with Gasteiger partial charge >= 0.3 is 5.97 Å². The summed E-state index contributed by atoms with van der Waals surface area (Å²) >= 11 is 1.43. The average molecular weight is 330 g/mol. The molecular formula is C17H14O5S. The Morgan fingerprint density at radius 1 is 1.17 bits per heavy atom. The molecule has 2 aromatic rings. The first-order valence-electron chi connectivity index (χ1n) is 7.01. The van der Waals surface area contributed by atoms with Gasteiger partial charge in [-0.25, -0.2) is 0 Å². The quantitative estimate of drug-likeness (QED) is 0.662. The molecule has 1 atom stereocenters. The number of fused-ring (bicyclic) bond motifs is 1. The molecule has 1 aliphatic rings. The van der Waals surface area contributed by atoms with Gasteiger partial charge in [0, 0.05) is 11.0 Å². The van der Waals surface area contributed by atoms with Crippen molar-refractivity contribution < 1.29 is 24.5 Å². The number of ketones is 1. The molecule has 0 aromatic heterocycles. The number of phenolic OH excluding ortho intramolecular Hbond substituents is 2. The van der Waals surface area contributed by atoms with E-state index >= 15 is 0 Å². The third-order valence-corrected chi connectivity index (χ3v) is 4.83. The maximum atomic E-state index is 12.1. The Morgan fingerprint density at radius 2 is 1.96 bits per heavy atom. The number of thioether (sulfide) groups is 1. The molecule has 118 valence electrons. The molecule has 23 heavy (non-hydrogen) atoms. The SMILES string of the molecule is O=C(COC(=O)[C@@H]1Cc2ccccc2S1)c1ccc(O)cc1O. The molecule has 0 aliphatic carbocycles. The first-order valence-corrected chi connectivity index (χ1v) is 7.89. The van der Waals surface area contributed by atoms with E-state index in [-0.39, 0.29) is 22.3 Å². The normalized spacial score (nSPS) is 15.9. The van der Waals surface area contributed by atoms with Gasteiger partial charge in [0.05, 0.1) is 5.56 Å². The van der Waals surface area contributed by atoms with Crippen LogP contribution in [0, 0.1) is 0 Å². The lowest BCUT2D eigenvalue weighted by atomic mass is 10.1. The highest BCUT2D eigenvalue weighted by molar-refractivity contribution is 8.01. The standard InChI is InChI=1S/C17H14O5S/c18-11-5-6-12(13(19)8-11)14(20)9-22-17(21)16-7-10-3-1-2-4-15(10)23-16/h1-6,8,16,18-19H,7,9H2/t16-/m0/s1. The van der Waals surface area contributed by atoms with Gasteiger partial charge in [-0.15, -0.1) is 11.8 Å². The van der Waals surface area contributed by atoms with Gasteiger partial charge in [-0.1, -0.05) is 18.2 Å². The monoisotopic (exact) mass is 330 g/mol. The van der Waals surface area contributed by atoms with Gasteiger partial charge in [0.25, 0.3) is 0 Å². The summed E-state index contributed by atoms with van der Waals surface area (Å²) < 4.78 is 5.08. The molecule has 0 radical (unpaired) electrons. The number of carbonyl (C=O) groups is 2. The molecule has 2 N–H and O–H groups in total. The second kappa shape index (κ2) is 6.34. The first-order chi connectivity index (χ1) is 11.0. The summed E-state index contributed by atoms with van der Waals surface area (Å²) in [4.78, 5) is 25.1. The van der Waals surface area contributed by atoms with Crippen molar-refractivity contribution in [1.82, 2.24) is 0 Å². The van der Waals surface area contributed by atoms with Crippen LogP contribution in [-0.4, -0.2) is 33.8 Å². The predicted octanol–water partition coefficient (Wildman–Crippen LogP) is 2.54. The smallest absolute Gasteiger partial charge is 0.320 e. The Bertz CT molecular complexity index is 746. The Hall–Kier alpha value is -2.47. The van der Waals surface area contributed by atoms with Gasteiger partial charge in [-0.3, -0.25) is 9.59 Å². The topological polar surface area (TPSA) is 83.8 Å². The predicted molar refractivity (Wildman–Crippen MR) is 84.9 cm³/mol. The van der Waals surface area contributed by atoms with Crippen LogP contribution in [0.5, 0.6) is 11.5 Å². The van der Waals surface area contributed by atoms with Gasteiger partial charge in [0.1, 0.15) is 16.7 Å². The molecule has 0 spiro atoms. The van der Waals surface area contributed by atoms with E-state index in [9.17, 15) is 19.8 Å². The van der Waals surface area contributed by atoms with Gasteiger partial charge < -0.3 is 14.9 Å². The molecule has 2 aromatic carbocycles. The number of aromatic hydroxyl groups is 2. The summed E-state index contributed by atoms with van der Waals surface area (Å²) in [5.74, 6) is -1.45. The van der Waals surface area contributed by atoms with E-state index in [0.717, 1.165) is 16.5 Å². The molecule has 0 saturated carbocycles. The summed E-state index contributed by atoms with van der Waals surface area (Å²) in [6.45, 7) is -0.440. The Morgan fingerprint density at radius 3 is 2.70 bits per heavy atom. The first kappa shape index (κ1) is 15.4. The maximum Gasteiger partial charge on any atom is 0.320 e. The number of hydrogen-bond acceptors (Lipinski definition) is 6. The number of esters is 1. The number of Topliss-reactive ketones (excluding diaryl/α,β-unsaturated/α-hetero) is 1. The second-order valence-electron chi connectivity index (χ2n) is 5.15. The van der Waals surface area contributed by atoms with Gasteiger partial charge in [-0.05, 0) is 30.2 Å². The highest BCUT2D eigenvalue weighted by Gasteiger charge is 2.29. The summed E-state index contributed by atoms with van der Waals surface area (Å²) in [5, 5.41) is 18.5. The molecular weight excluding hydrogens is 316 g/mol. The van der Waals surface area contributed by atoms with Crippen LogP contribution in [0.25, 0.3) is 0 Å². The molecule has 0 amide bonds. The lowest BCUT2D eigenvalue weighted by Crippen LogP contribution is -2.23. The maximum absolute atomic E-state index is 12.1. The summed E-state index contributed by atoms with van der Waals surface area (Å²) in [7, 11) is 0. The molecule has 6 heteroatoms. The fourth-order valence-electron chi connectivity index (χ4n) is 2.38. The van der Waals surface area contributed by atoms with Crippen molar-refractivity contribution >= 4 is 23.5 Å². The molecule has 0 unspecified atom stereocenters. The van der Waals surface area contributed by atoms with Crippen molar-refractivity contribution in [2.24, 2.45) is 0 Å². The van der Waals surface area contributed by atoms with Crippen molar-refractivity contribution in [2.75, 3.05) is 6.61 Å². The van der Waals surface area contributed by atoms with Crippen molar-refractivity contribution in [3.8, 4) is 11.5 Å². The molecule has 1 aliphatic heterocycles. The molecule has 0 saturated heterocycles. The fraction of sp³-hybridized carbons (Fsp3) is 0.176. The molecule has 5 nitrogen and oxygen atoms in total. The molecule has 3 rings (SSSR count). The summed E-state index contributed by atoms with van der Waals surface area (Å²) in [6, 6.07) is 11.4. The van der Waals surface area contributed by atoms with Crippen molar-refractivity contribution in [1.29, 1.82) is 0 Å². The minimum atomic E-state index is -0.517. The van der Waals surface area contributed by atoms with Gasteiger partial charge in [-0.2, -0.15) is 0 Å². The molecule has 1 heterocycles. The van der Waals surface area contributed by atoms with Crippen LogP contribution in [0.2, 0.25) is 0 Å². The lowest BCUT2D eigenvalue weighted by Gasteiger charge is -2.09. The zero-order valence-electron chi connectivity index (χ0n) is 12.1. The average Bonchev–Trinajstić information content (AvgIpc) is 2.96. The van der Waals surface area contributed by atoms with E-state index in [2.05, 4.69) is 0 Å². The van der Waals surface area contributed by atoms with Crippen LogP contribution in [0.4, 0.5) is 0 Å². The van der Waals surface area contributed by atoms with E-state index in [1.807, 2.05) is 24.3 Å². The zero-order chi connectivity index (χ0) is 16.4. The van der Waals surface area contributed by atoms with Crippen LogP contribution in [0.1, 0.15) is 15.9 Å². The van der Waals surface area contributed by atoms with Crippen LogP contribution in [-0.2, 0) is 16.0 Å². The zero-order valence-corrected chi connectivity index (χ0v) is 12.9. The Balaban J connectivity index is 1.58.